The molecule has 1 aromatic carbocycles. The Kier molecular flexibility index (Phi) is 7.71. The summed E-state index contributed by atoms with van der Waals surface area (Å²) in [6.45, 7) is 11.9. The molecule has 0 aliphatic carbocycles. The fraction of sp³-hybridized carbons (Fsp3) is 0.636. The highest BCUT2D eigenvalue weighted by Crippen LogP contribution is 2.21. The molecule has 1 aromatic rings. The van der Waals surface area contributed by atoms with E-state index in [9.17, 15) is 9.59 Å². The maximum absolute atomic E-state index is 12.7. The summed E-state index contributed by atoms with van der Waals surface area (Å²) in [6, 6.07) is 7.42. The zero-order chi connectivity index (χ0) is 21.0. The topological polar surface area (TPSA) is 55.9 Å². The SMILES string of the molecule is CC1CC(C)CN(C(=O)CN2CCN(C(C)C(=O)Nc3ccc(Br)cc3)CC2)C1. The number of nitrogens with one attached hydrogen (secondary N) is 1. The number of piperidine rings is 1. The smallest absolute Gasteiger partial charge is 0.241 e. The molecule has 3 rings (SSSR count). The first-order chi connectivity index (χ1) is 13.8. The minimum Gasteiger partial charge on any atom is -0.341 e. The zero-order valence-electron chi connectivity index (χ0n) is 17.7. The van der Waals surface area contributed by atoms with E-state index < -0.39 is 0 Å². The highest BCUT2D eigenvalue weighted by Gasteiger charge is 2.29. The molecule has 2 aliphatic heterocycles. The summed E-state index contributed by atoms with van der Waals surface area (Å²) in [5.41, 5.74) is 0.805. The standard InChI is InChI=1S/C22H33BrN4O2/c1-16-12-17(2)14-27(13-16)21(28)15-25-8-10-26(11-9-25)18(3)22(29)24-20-6-4-19(23)5-7-20/h4-7,16-18H,8-15H2,1-3H3,(H,24,29). The van der Waals surface area contributed by atoms with Crippen LogP contribution in [0.15, 0.2) is 28.7 Å². The van der Waals surface area contributed by atoms with Gasteiger partial charge in [0.15, 0.2) is 0 Å². The number of nitrogens with zero attached hydrogens (tertiary/aromatic N) is 3. The average Bonchev–Trinajstić information content (AvgIpc) is 2.69. The number of hydrogen-bond acceptors (Lipinski definition) is 4. The predicted molar refractivity (Wildman–Crippen MR) is 120 cm³/mol. The van der Waals surface area contributed by atoms with Gasteiger partial charge in [-0.2, -0.15) is 0 Å². The molecule has 7 heteroatoms. The van der Waals surface area contributed by atoms with E-state index in [0.29, 0.717) is 18.4 Å². The van der Waals surface area contributed by atoms with Crippen LogP contribution >= 0.6 is 15.9 Å². The molecule has 3 unspecified atom stereocenters. The summed E-state index contributed by atoms with van der Waals surface area (Å²) in [6.07, 6.45) is 1.21. The van der Waals surface area contributed by atoms with Crippen LogP contribution in [-0.4, -0.2) is 78.4 Å². The molecule has 0 spiro atoms. The Balaban J connectivity index is 1.44. The lowest BCUT2D eigenvalue weighted by atomic mass is 9.92. The lowest BCUT2D eigenvalue weighted by Gasteiger charge is -2.39. The third-order valence-corrected chi connectivity index (χ3v) is 6.55. The van der Waals surface area contributed by atoms with Crippen molar-refractivity contribution in [3.05, 3.63) is 28.7 Å². The van der Waals surface area contributed by atoms with Crippen LogP contribution < -0.4 is 5.32 Å². The summed E-state index contributed by atoms with van der Waals surface area (Å²) >= 11 is 3.40. The minimum atomic E-state index is -0.194. The number of halogens is 1. The molecule has 0 bridgehead atoms. The molecule has 2 aliphatic rings. The summed E-state index contributed by atoms with van der Waals surface area (Å²) < 4.78 is 0.989. The van der Waals surface area contributed by atoms with Crippen LogP contribution in [0.2, 0.25) is 0 Å². The number of amides is 2. The molecular formula is C22H33BrN4O2. The van der Waals surface area contributed by atoms with Gasteiger partial charge in [-0.15, -0.1) is 0 Å². The number of hydrogen-bond donors (Lipinski definition) is 1. The highest BCUT2D eigenvalue weighted by atomic mass is 79.9. The van der Waals surface area contributed by atoms with Gasteiger partial charge in [-0.05, 0) is 49.4 Å². The number of rotatable bonds is 5. The van der Waals surface area contributed by atoms with Crippen molar-refractivity contribution >= 4 is 33.4 Å². The Morgan fingerprint density at radius 2 is 1.66 bits per heavy atom. The van der Waals surface area contributed by atoms with Gasteiger partial charge in [0.1, 0.15) is 0 Å². The van der Waals surface area contributed by atoms with Gasteiger partial charge >= 0.3 is 0 Å². The zero-order valence-corrected chi connectivity index (χ0v) is 19.3. The van der Waals surface area contributed by atoms with E-state index in [1.165, 1.54) is 6.42 Å². The molecule has 3 atom stereocenters. The van der Waals surface area contributed by atoms with Gasteiger partial charge in [-0.1, -0.05) is 29.8 Å². The van der Waals surface area contributed by atoms with Crippen molar-refractivity contribution in [2.45, 2.75) is 33.2 Å². The van der Waals surface area contributed by atoms with Gasteiger partial charge in [-0.25, -0.2) is 0 Å². The molecule has 0 aromatic heterocycles. The molecule has 0 radical (unpaired) electrons. The molecule has 2 heterocycles. The van der Waals surface area contributed by atoms with Crippen LogP contribution in [-0.2, 0) is 9.59 Å². The van der Waals surface area contributed by atoms with E-state index in [1.807, 2.05) is 36.1 Å². The summed E-state index contributed by atoms with van der Waals surface area (Å²) in [5.74, 6) is 1.43. The van der Waals surface area contributed by atoms with Gasteiger partial charge in [0.2, 0.25) is 11.8 Å². The monoisotopic (exact) mass is 464 g/mol. The maximum atomic E-state index is 12.7. The quantitative estimate of drug-likeness (QED) is 0.727. The number of benzene rings is 1. The van der Waals surface area contributed by atoms with Gasteiger partial charge in [-0.3, -0.25) is 19.4 Å². The largest absolute Gasteiger partial charge is 0.341 e. The Morgan fingerprint density at radius 3 is 2.24 bits per heavy atom. The van der Waals surface area contributed by atoms with Crippen LogP contribution in [0.4, 0.5) is 5.69 Å². The van der Waals surface area contributed by atoms with Crippen LogP contribution in [0.5, 0.6) is 0 Å². The van der Waals surface area contributed by atoms with Crippen LogP contribution in [0, 0.1) is 11.8 Å². The van der Waals surface area contributed by atoms with E-state index in [1.54, 1.807) is 0 Å². The molecular weight excluding hydrogens is 432 g/mol. The van der Waals surface area contributed by atoms with Crippen molar-refractivity contribution in [2.24, 2.45) is 11.8 Å². The number of piperazine rings is 1. The third-order valence-electron chi connectivity index (χ3n) is 6.03. The van der Waals surface area contributed by atoms with Crippen molar-refractivity contribution in [3.8, 4) is 0 Å². The molecule has 2 amide bonds. The second-order valence-corrected chi connectivity index (χ2v) is 9.64. The van der Waals surface area contributed by atoms with Crippen LogP contribution in [0.3, 0.4) is 0 Å². The van der Waals surface area contributed by atoms with E-state index in [4.69, 9.17) is 0 Å². The van der Waals surface area contributed by atoms with Crippen LogP contribution in [0.25, 0.3) is 0 Å². The molecule has 0 saturated carbocycles. The Bertz CT molecular complexity index is 693. The molecule has 2 saturated heterocycles. The van der Waals surface area contributed by atoms with Crippen LogP contribution in [0.1, 0.15) is 27.2 Å². The van der Waals surface area contributed by atoms with Crippen molar-refractivity contribution < 1.29 is 9.59 Å². The lowest BCUT2D eigenvalue weighted by molar-refractivity contribution is -0.136. The summed E-state index contributed by atoms with van der Waals surface area (Å²) in [4.78, 5) is 31.8. The van der Waals surface area contributed by atoms with Crippen molar-refractivity contribution in [2.75, 3.05) is 51.1 Å². The molecule has 1 N–H and O–H groups in total. The Labute approximate surface area is 182 Å². The van der Waals surface area contributed by atoms with Gasteiger partial charge in [0.25, 0.3) is 0 Å². The van der Waals surface area contributed by atoms with E-state index in [0.717, 1.165) is 49.4 Å². The fourth-order valence-electron chi connectivity index (χ4n) is 4.41. The molecule has 6 nitrogen and oxygen atoms in total. The fourth-order valence-corrected chi connectivity index (χ4v) is 4.68. The molecule has 29 heavy (non-hydrogen) atoms. The van der Waals surface area contributed by atoms with Crippen molar-refractivity contribution in [3.63, 3.8) is 0 Å². The number of carbonyl (C=O) groups is 2. The first kappa shape index (κ1) is 22.2. The maximum Gasteiger partial charge on any atom is 0.241 e. The Morgan fingerprint density at radius 1 is 1.07 bits per heavy atom. The summed E-state index contributed by atoms with van der Waals surface area (Å²) in [7, 11) is 0. The van der Waals surface area contributed by atoms with Gasteiger partial charge in [0.05, 0.1) is 12.6 Å². The molecule has 2 fully saturated rings. The number of likely N-dealkylation sites (tertiary alicyclic amines) is 1. The second-order valence-electron chi connectivity index (χ2n) is 8.73. The van der Waals surface area contributed by atoms with E-state index in [2.05, 4.69) is 44.9 Å². The van der Waals surface area contributed by atoms with Gasteiger partial charge in [0, 0.05) is 49.4 Å². The predicted octanol–water partition coefficient (Wildman–Crippen LogP) is 2.90. The number of anilines is 1. The lowest BCUT2D eigenvalue weighted by Crippen LogP contribution is -2.55. The van der Waals surface area contributed by atoms with E-state index >= 15 is 0 Å². The summed E-state index contributed by atoms with van der Waals surface area (Å²) in [5, 5.41) is 2.99. The van der Waals surface area contributed by atoms with Crippen molar-refractivity contribution in [1.29, 1.82) is 0 Å². The second kappa shape index (κ2) is 10.0. The van der Waals surface area contributed by atoms with E-state index in [-0.39, 0.29) is 17.9 Å². The first-order valence-electron chi connectivity index (χ1n) is 10.6. The highest BCUT2D eigenvalue weighted by molar-refractivity contribution is 9.10. The van der Waals surface area contributed by atoms with Crippen molar-refractivity contribution in [1.82, 2.24) is 14.7 Å². The third kappa shape index (κ3) is 6.27. The normalized spacial score (nSPS) is 24.9. The Hall–Kier alpha value is -1.44. The minimum absolute atomic E-state index is 0.00754. The molecule has 160 valence electrons. The number of carbonyl (C=O) groups excluding carboxylic acids is 2. The first-order valence-corrected chi connectivity index (χ1v) is 11.4. The van der Waals surface area contributed by atoms with Gasteiger partial charge < -0.3 is 10.2 Å². The average molecular weight is 465 g/mol.